The van der Waals surface area contributed by atoms with E-state index in [9.17, 15) is 19.2 Å². The van der Waals surface area contributed by atoms with Crippen LogP contribution in [0.3, 0.4) is 0 Å². The number of methoxy groups -OCH3 is 1. The number of nitrogens with one attached hydrogen (secondary N) is 1. The Balaban J connectivity index is 1.79. The van der Waals surface area contributed by atoms with Gasteiger partial charge in [-0.25, -0.2) is 0 Å². The monoisotopic (exact) mass is 658 g/mol. The molecule has 44 heavy (non-hydrogen) atoms. The van der Waals surface area contributed by atoms with E-state index in [4.69, 9.17) is 10.5 Å². The first-order valence-electron chi connectivity index (χ1n) is 14.1. The summed E-state index contributed by atoms with van der Waals surface area (Å²) in [6, 6.07) is 22.0. The average molecular weight is 660 g/mol. The van der Waals surface area contributed by atoms with E-state index < -0.39 is 12.1 Å². The first-order chi connectivity index (χ1) is 21.0. The Bertz CT molecular complexity index is 1690. The first kappa shape index (κ1) is 32.4. The molecule has 2 atom stereocenters. The second-order valence-electron chi connectivity index (χ2n) is 10.6. The summed E-state index contributed by atoms with van der Waals surface area (Å²) in [6.07, 6.45) is 0.724. The van der Waals surface area contributed by atoms with Crippen LogP contribution in [-0.4, -0.2) is 49.7 Å². The molecule has 9 nitrogen and oxygen atoms in total. The number of carbonyl (C=O) groups is 4. The molecule has 3 amide bonds. The summed E-state index contributed by atoms with van der Waals surface area (Å²) in [5.41, 5.74) is 8.33. The third-order valence-electron chi connectivity index (χ3n) is 7.25. The number of halogens is 1. The van der Waals surface area contributed by atoms with Crippen LogP contribution < -0.4 is 25.6 Å². The lowest BCUT2D eigenvalue weighted by Gasteiger charge is -2.31. The zero-order valence-electron chi connectivity index (χ0n) is 25.0. The topological polar surface area (TPSA) is 122 Å². The Hall–Kier alpha value is -4.54. The Kier molecular flexibility index (Phi) is 10.5. The molecule has 0 aliphatic rings. The van der Waals surface area contributed by atoms with Crippen LogP contribution in [0.15, 0.2) is 83.3 Å². The van der Waals surface area contributed by atoms with Crippen molar-refractivity contribution in [3.63, 3.8) is 0 Å². The Morgan fingerprint density at radius 2 is 1.61 bits per heavy atom. The van der Waals surface area contributed by atoms with Gasteiger partial charge in [0.25, 0.3) is 5.91 Å². The van der Waals surface area contributed by atoms with Crippen LogP contribution in [0.2, 0.25) is 0 Å². The van der Waals surface area contributed by atoms with Crippen LogP contribution in [0, 0.1) is 0 Å². The van der Waals surface area contributed by atoms with Gasteiger partial charge in [0.1, 0.15) is 5.75 Å². The fourth-order valence-electron chi connectivity index (χ4n) is 4.97. The Labute approximate surface area is 265 Å². The lowest BCUT2D eigenvalue weighted by Crippen LogP contribution is -2.48. The van der Waals surface area contributed by atoms with Crippen LogP contribution in [0.4, 0.5) is 11.4 Å². The van der Waals surface area contributed by atoms with Gasteiger partial charge in [0.05, 0.1) is 31.1 Å². The summed E-state index contributed by atoms with van der Waals surface area (Å²) in [5.74, 6) is -0.215. The maximum Gasteiger partial charge on any atom is 0.258 e. The van der Waals surface area contributed by atoms with Crippen LogP contribution in [0.25, 0.3) is 10.8 Å². The van der Waals surface area contributed by atoms with E-state index in [1.165, 1.54) is 16.7 Å². The predicted molar refractivity (Wildman–Crippen MR) is 176 cm³/mol. The Morgan fingerprint density at radius 3 is 2.23 bits per heavy atom. The molecule has 0 saturated carbocycles. The molecule has 0 fully saturated rings. The van der Waals surface area contributed by atoms with Gasteiger partial charge in [-0.2, -0.15) is 0 Å². The molecular weight excluding hydrogens is 624 g/mol. The van der Waals surface area contributed by atoms with Crippen LogP contribution in [0.5, 0.6) is 5.75 Å². The molecule has 10 heteroatoms. The van der Waals surface area contributed by atoms with Gasteiger partial charge in [-0.05, 0) is 74.0 Å². The van der Waals surface area contributed by atoms with E-state index in [1.807, 2.05) is 30.3 Å². The van der Waals surface area contributed by atoms with Crippen molar-refractivity contribution in [3.8, 4) is 5.75 Å². The van der Waals surface area contributed by atoms with Gasteiger partial charge in [0, 0.05) is 33.7 Å². The molecule has 0 spiro atoms. The number of ketones is 1. The molecule has 4 aromatic rings. The summed E-state index contributed by atoms with van der Waals surface area (Å²) < 4.78 is 6.61. The van der Waals surface area contributed by atoms with E-state index in [-0.39, 0.29) is 30.7 Å². The molecule has 0 aliphatic carbocycles. The van der Waals surface area contributed by atoms with Gasteiger partial charge < -0.3 is 25.6 Å². The minimum absolute atomic E-state index is 0.0844. The highest BCUT2D eigenvalue weighted by Gasteiger charge is 2.26. The van der Waals surface area contributed by atoms with Gasteiger partial charge in [0.2, 0.25) is 12.3 Å². The second kappa shape index (κ2) is 14.3. The summed E-state index contributed by atoms with van der Waals surface area (Å²) >= 11 is 3.52. The van der Waals surface area contributed by atoms with E-state index in [2.05, 4.69) is 21.2 Å². The minimum Gasteiger partial charge on any atom is -0.496 e. The number of nitrogens with zero attached hydrogens (tertiary/aromatic N) is 2. The third-order valence-corrected chi connectivity index (χ3v) is 7.74. The van der Waals surface area contributed by atoms with Gasteiger partial charge in [-0.1, -0.05) is 52.3 Å². The minimum atomic E-state index is -0.727. The molecule has 228 valence electrons. The Morgan fingerprint density at radius 1 is 0.955 bits per heavy atom. The standard InChI is InChI=1S/C34H35BrN4O5/c1-21(37-33(42)22(2)36)18-39(34(43)25-11-9-24(10-12-25)23(3)41)31-8-6-5-7-30(31)38(20-40)19-29-28-15-14-27(35)17-26(28)13-16-32(29)44-4/h5-17,20-22H,18-19,36H2,1-4H3,(H,37,42). The normalized spacial score (nSPS) is 12.2. The quantitative estimate of drug-likeness (QED) is 0.154. The number of fused-ring (bicyclic) bond motifs is 1. The third kappa shape index (κ3) is 7.32. The molecule has 3 N–H and O–H groups in total. The first-order valence-corrected chi connectivity index (χ1v) is 14.9. The highest BCUT2D eigenvalue weighted by molar-refractivity contribution is 9.10. The van der Waals surface area contributed by atoms with E-state index in [1.54, 1.807) is 69.5 Å². The smallest absolute Gasteiger partial charge is 0.258 e. The number of hydrogen-bond donors (Lipinski definition) is 2. The molecule has 0 aromatic heterocycles. The van der Waals surface area contributed by atoms with Crippen molar-refractivity contribution < 1.29 is 23.9 Å². The van der Waals surface area contributed by atoms with Crippen molar-refractivity contribution in [2.75, 3.05) is 23.5 Å². The molecule has 0 bridgehead atoms. The summed E-state index contributed by atoms with van der Waals surface area (Å²) in [4.78, 5) is 54.1. The molecule has 4 aromatic carbocycles. The maximum atomic E-state index is 14.1. The number of anilines is 2. The van der Waals surface area contributed by atoms with E-state index in [0.29, 0.717) is 28.3 Å². The number of benzene rings is 4. The van der Waals surface area contributed by atoms with E-state index in [0.717, 1.165) is 27.2 Å². The van der Waals surface area contributed by atoms with Crippen LogP contribution in [0.1, 0.15) is 47.1 Å². The van der Waals surface area contributed by atoms with Gasteiger partial charge in [0.15, 0.2) is 5.78 Å². The fraction of sp³-hybridized carbons (Fsp3) is 0.235. The number of para-hydroxylation sites is 2. The van der Waals surface area contributed by atoms with Crippen LogP contribution in [-0.2, 0) is 16.1 Å². The number of carbonyl (C=O) groups excluding carboxylic acids is 4. The lowest BCUT2D eigenvalue weighted by molar-refractivity contribution is -0.122. The molecule has 2 unspecified atom stereocenters. The number of rotatable bonds is 12. The summed E-state index contributed by atoms with van der Waals surface area (Å²) in [5, 5.41) is 4.74. The molecule has 0 heterocycles. The SMILES string of the molecule is COc1ccc2cc(Br)ccc2c1CN(C=O)c1ccccc1N(CC(C)NC(=O)C(C)N)C(=O)c1ccc(C(C)=O)cc1. The van der Waals surface area contributed by atoms with E-state index >= 15 is 0 Å². The average Bonchev–Trinajstić information content (AvgIpc) is 3.01. The lowest BCUT2D eigenvalue weighted by atomic mass is 10.0. The molecule has 4 rings (SSSR count). The van der Waals surface area contributed by atoms with Gasteiger partial charge in [-0.15, -0.1) is 0 Å². The highest BCUT2D eigenvalue weighted by Crippen LogP contribution is 2.35. The number of nitrogens with two attached hydrogens (primary N) is 1. The van der Waals surface area contributed by atoms with Crippen molar-refractivity contribution in [3.05, 3.63) is 100 Å². The molecule has 0 radical (unpaired) electrons. The number of amides is 3. The van der Waals surface area contributed by atoms with Gasteiger partial charge >= 0.3 is 0 Å². The van der Waals surface area contributed by atoms with Crippen molar-refractivity contribution in [1.82, 2.24) is 5.32 Å². The molecule has 0 aliphatic heterocycles. The largest absolute Gasteiger partial charge is 0.496 e. The fourth-order valence-corrected chi connectivity index (χ4v) is 5.35. The summed E-state index contributed by atoms with van der Waals surface area (Å²) in [7, 11) is 1.58. The zero-order valence-corrected chi connectivity index (χ0v) is 26.6. The number of Topliss-reactive ketones (excluding diaryl/α,β-unsaturated/α-hetero) is 1. The number of hydrogen-bond acceptors (Lipinski definition) is 6. The van der Waals surface area contributed by atoms with Crippen molar-refractivity contribution in [2.24, 2.45) is 5.73 Å². The number of ether oxygens (including phenoxy) is 1. The summed E-state index contributed by atoms with van der Waals surface area (Å²) in [6.45, 7) is 5.06. The van der Waals surface area contributed by atoms with Crippen molar-refractivity contribution in [2.45, 2.75) is 39.4 Å². The highest BCUT2D eigenvalue weighted by atomic mass is 79.9. The second-order valence-corrected chi connectivity index (χ2v) is 11.5. The van der Waals surface area contributed by atoms with Crippen molar-refractivity contribution >= 4 is 62.1 Å². The van der Waals surface area contributed by atoms with Gasteiger partial charge in [-0.3, -0.25) is 19.2 Å². The predicted octanol–water partition coefficient (Wildman–Crippen LogP) is 5.48. The molecule has 0 saturated heterocycles. The van der Waals surface area contributed by atoms with Crippen molar-refractivity contribution in [1.29, 1.82) is 0 Å². The van der Waals surface area contributed by atoms with Crippen LogP contribution >= 0.6 is 15.9 Å². The molecular formula is C34H35BrN4O5. The maximum absolute atomic E-state index is 14.1. The zero-order chi connectivity index (χ0) is 32.0.